The van der Waals surface area contributed by atoms with E-state index in [9.17, 15) is 4.79 Å². The van der Waals surface area contributed by atoms with Crippen LogP contribution >= 0.6 is 0 Å². The van der Waals surface area contributed by atoms with E-state index in [-0.39, 0.29) is 11.9 Å². The number of carbonyl (C=O) groups excluding carboxylic acids is 1. The molecular formula is C18H18N2O2. The Balaban J connectivity index is 1.56. The van der Waals surface area contributed by atoms with E-state index in [1.165, 1.54) is 0 Å². The zero-order chi connectivity index (χ0) is 15.4. The number of nitrogens with one attached hydrogen (secondary N) is 1. The fourth-order valence-electron chi connectivity index (χ4n) is 2.45. The van der Waals surface area contributed by atoms with E-state index in [0.717, 1.165) is 22.3 Å². The number of furan rings is 1. The molecule has 1 unspecified atom stereocenters. The number of hydrogen-bond acceptors (Lipinski definition) is 3. The smallest absolute Gasteiger partial charge is 0.220 e. The van der Waals surface area contributed by atoms with Crippen molar-refractivity contribution in [1.29, 1.82) is 0 Å². The van der Waals surface area contributed by atoms with E-state index in [1.54, 1.807) is 12.4 Å². The maximum atomic E-state index is 12.0. The van der Waals surface area contributed by atoms with E-state index in [4.69, 9.17) is 4.42 Å². The highest BCUT2D eigenvalue weighted by Gasteiger charge is 2.11. The van der Waals surface area contributed by atoms with Crippen LogP contribution in [0.25, 0.3) is 11.0 Å². The monoisotopic (exact) mass is 294 g/mol. The molecule has 22 heavy (non-hydrogen) atoms. The number of nitrogens with zero attached hydrogens (tertiary/aromatic N) is 1. The van der Waals surface area contributed by atoms with Crippen LogP contribution in [-0.2, 0) is 11.2 Å². The van der Waals surface area contributed by atoms with Crippen LogP contribution in [0.2, 0.25) is 0 Å². The summed E-state index contributed by atoms with van der Waals surface area (Å²) in [7, 11) is 0. The van der Waals surface area contributed by atoms with Crippen LogP contribution in [0.5, 0.6) is 0 Å². The van der Waals surface area contributed by atoms with Crippen LogP contribution in [0, 0.1) is 0 Å². The summed E-state index contributed by atoms with van der Waals surface area (Å²) >= 11 is 0. The molecule has 3 aromatic rings. The lowest BCUT2D eigenvalue weighted by atomic mass is 10.1. The van der Waals surface area contributed by atoms with Gasteiger partial charge >= 0.3 is 0 Å². The molecule has 0 spiro atoms. The second kappa shape index (κ2) is 6.43. The van der Waals surface area contributed by atoms with Gasteiger partial charge in [-0.25, -0.2) is 0 Å². The molecule has 3 rings (SSSR count). The van der Waals surface area contributed by atoms with E-state index < -0.39 is 0 Å². The molecule has 0 radical (unpaired) electrons. The summed E-state index contributed by atoms with van der Waals surface area (Å²) in [6.07, 6.45) is 4.47. The first-order chi connectivity index (χ1) is 10.7. The van der Waals surface area contributed by atoms with Gasteiger partial charge in [0.2, 0.25) is 5.91 Å². The van der Waals surface area contributed by atoms with E-state index >= 15 is 0 Å². The molecule has 4 nitrogen and oxygen atoms in total. The summed E-state index contributed by atoms with van der Waals surface area (Å²) in [6.45, 7) is 1.97. The third kappa shape index (κ3) is 3.34. The van der Waals surface area contributed by atoms with Crippen molar-refractivity contribution in [2.24, 2.45) is 0 Å². The fourth-order valence-corrected chi connectivity index (χ4v) is 2.45. The number of aromatic nitrogens is 1. The van der Waals surface area contributed by atoms with Crippen LogP contribution in [-0.4, -0.2) is 10.9 Å². The van der Waals surface area contributed by atoms with Crippen molar-refractivity contribution in [3.05, 3.63) is 66.2 Å². The fraction of sp³-hybridized carbons (Fsp3) is 0.222. The van der Waals surface area contributed by atoms with Crippen molar-refractivity contribution in [2.75, 3.05) is 0 Å². The Morgan fingerprint density at radius 1 is 1.23 bits per heavy atom. The number of hydrogen-bond donors (Lipinski definition) is 1. The van der Waals surface area contributed by atoms with Gasteiger partial charge in [0.05, 0.1) is 6.04 Å². The van der Waals surface area contributed by atoms with Gasteiger partial charge in [-0.15, -0.1) is 0 Å². The summed E-state index contributed by atoms with van der Waals surface area (Å²) < 4.78 is 5.72. The average Bonchev–Trinajstić information content (AvgIpc) is 2.96. The van der Waals surface area contributed by atoms with Gasteiger partial charge in [-0.1, -0.05) is 18.2 Å². The average molecular weight is 294 g/mol. The molecule has 0 aliphatic rings. The largest absolute Gasteiger partial charge is 0.461 e. The van der Waals surface area contributed by atoms with Crippen LogP contribution in [0.15, 0.2) is 59.3 Å². The quantitative estimate of drug-likeness (QED) is 0.781. The van der Waals surface area contributed by atoms with Crippen LogP contribution in [0.1, 0.15) is 30.7 Å². The maximum absolute atomic E-state index is 12.0. The standard InChI is InChI=1S/C18H18N2O2/c1-13(14-8-10-19-11-9-14)20-18(21)7-6-16-12-15-4-2-3-5-17(15)22-16/h2-5,8-13H,6-7H2,1H3,(H,20,21). The van der Waals surface area contributed by atoms with E-state index in [0.29, 0.717) is 12.8 Å². The first-order valence-electron chi connectivity index (χ1n) is 7.39. The van der Waals surface area contributed by atoms with Gasteiger partial charge in [0.1, 0.15) is 11.3 Å². The lowest BCUT2D eigenvalue weighted by molar-refractivity contribution is -0.121. The number of para-hydroxylation sites is 1. The minimum Gasteiger partial charge on any atom is -0.461 e. The van der Waals surface area contributed by atoms with Crippen LogP contribution < -0.4 is 5.32 Å². The third-order valence-electron chi connectivity index (χ3n) is 3.66. The molecule has 2 aromatic heterocycles. The molecule has 1 N–H and O–H groups in total. The SMILES string of the molecule is CC(NC(=O)CCc1cc2ccccc2o1)c1ccncc1. The maximum Gasteiger partial charge on any atom is 0.220 e. The predicted octanol–water partition coefficient (Wildman–Crippen LogP) is 3.64. The van der Waals surface area contributed by atoms with Gasteiger partial charge in [-0.05, 0) is 36.8 Å². The predicted molar refractivity (Wildman–Crippen MR) is 85.3 cm³/mol. The Hall–Kier alpha value is -2.62. The number of amides is 1. The van der Waals surface area contributed by atoms with Crippen molar-refractivity contribution in [1.82, 2.24) is 10.3 Å². The number of fused-ring (bicyclic) bond motifs is 1. The molecule has 0 bridgehead atoms. The first-order valence-corrected chi connectivity index (χ1v) is 7.39. The minimum atomic E-state index is -0.0221. The van der Waals surface area contributed by atoms with Crippen molar-refractivity contribution in [3.8, 4) is 0 Å². The number of carbonyl (C=O) groups is 1. The van der Waals surface area contributed by atoms with Gasteiger partial charge in [0.25, 0.3) is 0 Å². The van der Waals surface area contributed by atoms with E-state index in [2.05, 4.69) is 10.3 Å². The molecule has 0 aliphatic heterocycles. The number of benzene rings is 1. The van der Waals surface area contributed by atoms with Gasteiger partial charge < -0.3 is 9.73 Å². The Morgan fingerprint density at radius 3 is 2.77 bits per heavy atom. The second-order valence-corrected chi connectivity index (χ2v) is 5.32. The summed E-state index contributed by atoms with van der Waals surface area (Å²) in [5, 5.41) is 4.06. The Labute approximate surface area is 129 Å². The molecular weight excluding hydrogens is 276 g/mol. The highest BCUT2D eigenvalue weighted by Crippen LogP contribution is 2.20. The highest BCUT2D eigenvalue weighted by molar-refractivity contribution is 5.79. The Bertz CT molecular complexity index is 732. The van der Waals surface area contributed by atoms with Gasteiger partial charge in [0.15, 0.2) is 0 Å². The van der Waals surface area contributed by atoms with Crippen LogP contribution in [0.3, 0.4) is 0 Å². The van der Waals surface area contributed by atoms with Crippen molar-refractivity contribution in [2.45, 2.75) is 25.8 Å². The van der Waals surface area contributed by atoms with Crippen molar-refractivity contribution in [3.63, 3.8) is 0 Å². The number of aryl methyl sites for hydroxylation is 1. The summed E-state index contributed by atoms with van der Waals surface area (Å²) in [4.78, 5) is 16.0. The number of rotatable bonds is 5. The molecule has 2 heterocycles. The van der Waals surface area contributed by atoms with Crippen molar-refractivity contribution < 1.29 is 9.21 Å². The number of pyridine rings is 1. The molecule has 0 saturated carbocycles. The normalized spacial score (nSPS) is 12.2. The molecule has 4 heteroatoms. The molecule has 1 amide bonds. The first kappa shape index (κ1) is 14.3. The highest BCUT2D eigenvalue weighted by atomic mass is 16.3. The minimum absolute atomic E-state index is 0.0183. The molecule has 0 saturated heterocycles. The summed E-state index contributed by atoms with van der Waals surface area (Å²) in [5.41, 5.74) is 1.91. The molecule has 1 atom stereocenters. The Morgan fingerprint density at radius 2 is 2.00 bits per heavy atom. The lowest BCUT2D eigenvalue weighted by Crippen LogP contribution is -2.26. The van der Waals surface area contributed by atoms with E-state index in [1.807, 2.05) is 49.4 Å². The van der Waals surface area contributed by atoms with Crippen LogP contribution in [0.4, 0.5) is 0 Å². The Kier molecular flexibility index (Phi) is 4.19. The van der Waals surface area contributed by atoms with Crippen molar-refractivity contribution >= 4 is 16.9 Å². The molecule has 0 aliphatic carbocycles. The summed E-state index contributed by atoms with van der Waals surface area (Å²) in [6, 6.07) is 13.6. The topological polar surface area (TPSA) is 55.1 Å². The molecule has 0 fully saturated rings. The molecule has 112 valence electrons. The second-order valence-electron chi connectivity index (χ2n) is 5.32. The van der Waals surface area contributed by atoms with Gasteiger partial charge in [-0.2, -0.15) is 0 Å². The zero-order valence-electron chi connectivity index (χ0n) is 12.5. The zero-order valence-corrected chi connectivity index (χ0v) is 12.5. The third-order valence-corrected chi connectivity index (χ3v) is 3.66. The van der Waals surface area contributed by atoms with Gasteiger partial charge in [-0.3, -0.25) is 9.78 Å². The summed E-state index contributed by atoms with van der Waals surface area (Å²) in [5.74, 6) is 0.859. The molecule has 1 aromatic carbocycles. The van der Waals surface area contributed by atoms with Gasteiger partial charge in [0, 0.05) is 30.6 Å². The lowest BCUT2D eigenvalue weighted by Gasteiger charge is -2.13.